The molecule has 4 heteroatoms. The van der Waals surface area contributed by atoms with Gasteiger partial charge < -0.3 is 0 Å². The Labute approximate surface area is 117 Å². The molecule has 2 aromatic rings. The Hall–Kier alpha value is -0.881. The van der Waals surface area contributed by atoms with Gasteiger partial charge in [0.1, 0.15) is 0 Å². The summed E-state index contributed by atoms with van der Waals surface area (Å²) in [6.45, 7) is 0. The zero-order chi connectivity index (χ0) is 12.6. The van der Waals surface area contributed by atoms with Crippen LogP contribution in [0.1, 0.15) is 11.4 Å². The molecule has 0 saturated carbocycles. The van der Waals surface area contributed by atoms with Crippen LogP contribution in [0.4, 0.5) is 0 Å². The molecule has 2 heterocycles. The van der Waals surface area contributed by atoms with Gasteiger partial charge in [-0.2, -0.15) is 0 Å². The summed E-state index contributed by atoms with van der Waals surface area (Å²) in [4.78, 5) is 8.71. The molecule has 0 atom stereocenters. The number of rotatable bonds is 6. The van der Waals surface area contributed by atoms with Crippen LogP contribution in [-0.4, -0.2) is 37.4 Å². The van der Waals surface area contributed by atoms with Gasteiger partial charge in [-0.25, -0.2) is 0 Å². The second-order valence-corrected chi connectivity index (χ2v) is 9.18. The Morgan fingerprint density at radius 2 is 1.33 bits per heavy atom. The molecule has 0 aliphatic carbocycles. The zero-order valence-corrected chi connectivity index (χ0v) is 12.8. The van der Waals surface area contributed by atoms with Gasteiger partial charge in [0, 0.05) is 0 Å². The van der Waals surface area contributed by atoms with Gasteiger partial charge in [0.15, 0.2) is 0 Å². The Morgan fingerprint density at radius 3 is 1.72 bits per heavy atom. The number of aromatic nitrogens is 2. The van der Waals surface area contributed by atoms with Gasteiger partial charge in [-0.05, 0) is 0 Å². The summed E-state index contributed by atoms with van der Waals surface area (Å²) in [5, 5.41) is 0. The first-order valence-corrected chi connectivity index (χ1v) is 9.99. The van der Waals surface area contributed by atoms with Crippen LogP contribution < -0.4 is 0 Å². The summed E-state index contributed by atoms with van der Waals surface area (Å²) >= 11 is 3.33. The van der Waals surface area contributed by atoms with E-state index < -0.39 is 0 Å². The number of hydrogen-bond acceptors (Lipinski definition) is 2. The van der Waals surface area contributed by atoms with E-state index in [4.69, 9.17) is 0 Å². The molecule has 92 valence electrons. The van der Waals surface area contributed by atoms with Gasteiger partial charge in [-0.1, -0.05) is 0 Å². The van der Waals surface area contributed by atoms with Crippen LogP contribution >= 0.6 is 6.17 Å². The zero-order valence-electron chi connectivity index (χ0n) is 10.2. The third kappa shape index (κ3) is 4.78. The van der Waals surface area contributed by atoms with Crippen LogP contribution in [0, 0.1) is 0 Å². The van der Waals surface area contributed by atoms with Gasteiger partial charge in [0.25, 0.3) is 0 Å². The van der Waals surface area contributed by atoms with Crippen LogP contribution in [0.15, 0.2) is 48.8 Å². The number of aryl methyl sites for hydroxylation is 2. The Kier molecular flexibility index (Phi) is 5.67. The summed E-state index contributed by atoms with van der Waals surface area (Å²) < 4.78 is 0. The van der Waals surface area contributed by atoms with Gasteiger partial charge in [-0.3, -0.25) is 0 Å². The van der Waals surface area contributed by atoms with Crippen molar-refractivity contribution in [1.29, 1.82) is 0 Å². The molecule has 18 heavy (non-hydrogen) atoms. The molecule has 0 radical (unpaired) electrons. The van der Waals surface area contributed by atoms with Gasteiger partial charge >= 0.3 is 117 Å². The molecule has 0 bridgehead atoms. The van der Waals surface area contributed by atoms with E-state index in [2.05, 4.69) is 49.3 Å². The van der Waals surface area contributed by atoms with Crippen molar-refractivity contribution in [3.8, 4) is 0 Å². The quantitative estimate of drug-likeness (QED) is 0.604. The molecule has 0 amide bonds. The van der Waals surface area contributed by atoms with E-state index in [0.29, 0.717) is 0 Å². The first kappa shape index (κ1) is 13.5. The van der Waals surface area contributed by atoms with Crippen molar-refractivity contribution in [3.05, 3.63) is 60.2 Å². The molecule has 2 nitrogen and oxygen atoms in total. The third-order valence-electron chi connectivity index (χ3n) is 2.69. The summed E-state index contributed by atoms with van der Waals surface area (Å²) in [5.74, 6) is 0. The Morgan fingerprint density at radius 1 is 0.833 bits per heavy atom. The monoisotopic (exact) mass is 323 g/mol. The molecule has 2 aromatic heterocycles. The second kappa shape index (κ2) is 7.53. The molecular formula is C14H16N2PSe+. The average Bonchev–Trinajstić information content (AvgIpc) is 2.45. The Bertz CT molecular complexity index is 442. The molecule has 0 N–H and O–H groups in total. The summed E-state index contributed by atoms with van der Waals surface area (Å²) in [7, 11) is 0. The minimum absolute atomic E-state index is 0.0329. The fourth-order valence-corrected chi connectivity index (χ4v) is 4.01. The first-order chi connectivity index (χ1) is 8.84. The van der Waals surface area contributed by atoms with Crippen LogP contribution in [0.2, 0.25) is 0 Å². The molecule has 0 aliphatic rings. The summed E-state index contributed by atoms with van der Waals surface area (Å²) in [5.41, 5.74) is 2.39. The molecule has 0 spiro atoms. The minimum atomic E-state index is -0.0329. The van der Waals surface area contributed by atoms with E-state index in [1.165, 1.54) is 23.7 Å². The molecule has 0 unspecified atom stereocenters. The fraction of sp³-hybridized carbons (Fsp3) is 0.286. The standard InChI is InChI=1S/C14H16N2PSe/c18-17(11-7-13-5-1-3-9-15-13)12-8-14-6-2-4-10-16-14/h1-6,9-10H,7-8,11-12H2/q+1. The maximum absolute atomic E-state index is 4.35. The van der Waals surface area contributed by atoms with Crippen molar-refractivity contribution in [2.24, 2.45) is 0 Å². The number of pyridine rings is 2. The average molecular weight is 322 g/mol. The molecule has 0 aliphatic heterocycles. The SMILES string of the molecule is [Se]=[P+](CCc1ccccn1)CCc1ccccn1. The van der Waals surface area contributed by atoms with Gasteiger partial charge in [0.05, 0.1) is 0 Å². The first-order valence-electron chi connectivity index (χ1n) is 6.06. The van der Waals surface area contributed by atoms with Gasteiger partial charge in [0.2, 0.25) is 0 Å². The topological polar surface area (TPSA) is 25.8 Å². The van der Waals surface area contributed by atoms with Crippen molar-refractivity contribution in [3.63, 3.8) is 0 Å². The molecule has 0 saturated heterocycles. The van der Waals surface area contributed by atoms with E-state index in [1.807, 2.05) is 24.5 Å². The van der Waals surface area contributed by atoms with Crippen molar-refractivity contribution in [2.75, 3.05) is 12.3 Å². The van der Waals surface area contributed by atoms with Crippen LogP contribution in [0.3, 0.4) is 0 Å². The number of nitrogens with zero attached hydrogens (tertiary/aromatic N) is 2. The molecule has 0 aromatic carbocycles. The van der Waals surface area contributed by atoms with E-state index >= 15 is 0 Å². The fourth-order valence-electron chi connectivity index (χ4n) is 1.68. The summed E-state index contributed by atoms with van der Waals surface area (Å²) in [6.07, 6.45) is 8.26. The second-order valence-electron chi connectivity index (χ2n) is 4.07. The van der Waals surface area contributed by atoms with E-state index in [-0.39, 0.29) is 6.17 Å². The van der Waals surface area contributed by atoms with Crippen molar-refractivity contribution in [1.82, 2.24) is 9.97 Å². The van der Waals surface area contributed by atoms with Crippen LogP contribution in [0.25, 0.3) is 0 Å². The normalized spacial score (nSPS) is 10.2. The van der Waals surface area contributed by atoms with Crippen LogP contribution in [0.5, 0.6) is 0 Å². The van der Waals surface area contributed by atoms with E-state index in [1.54, 1.807) is 0 Å². The van der Waals surface area contributed by atoms with Crippen LogP contribution in [-0.2, 0) is 12.8 Å². The van der Waals surface area contributed by atoms with Crippen molar-refractivity contribution in [2.45, 2.75) is 12.8 Å². The molecular weight excluding hydrogens is 306 g/mol. The predicted octanol–water partition coefficient (Wildman–Crippen LogP) is 2.83. The van der Waals surface area contributed by atoms with E-state index in [0.717, 1.165) is 12.8 Å². The predicted molar refractivity (Wildman–Crippen MR) is 78.3 cm³/mol. The molecule has 2 rings (SSSR count). The molecule has 0 fully saturated rings. The maximum atomic E-state index is 4.35. The number of hydrogen-bond donors (Lipinski definition) is 0. The van der Waals surface area contributed by atoms with E-state index in [9.17, 15) is 0 Å². The summed E-state index contributed by atoms with van der Waals surface area (Å²) in [6, 6.07) is 12.2. The van der Waals surface area contributed by atoms with Crippen molar-refractivity contribution < 1.29 is 0 Å². The third-order valence-corrected chi connectivity index (χ3v) is 6.43. The Balaban J connectivity index is 1.73. The van der Waals surface area contributed by atoms with Gasteiger partial charge in [-0.15, -0.1) is 0 Å². The van der Waals surface area contributed by atoms with Crippen molar-refractivity contribution >= 4 is 21.3 Å².